The van der Waals surface area contributed by atoms with Crippen molar-refractivity contribution in [3.8, 4) is 11.3 Å². The van der Waals surface area contributed by atoms with Gasteiger partial charge in [-0.3, -0.25) is 0 Å². The molecule has 0 bridgehead atoms. The predicted octanol–water partition coefficient (Wildman–Crippen LogP) is 4.50. The Morgan fingerprint density at radius 1 is 1.14 bits per heavy atom. The summed E-state index contributed by atoms with van der Waals surface area (Å²) < 4.78 is 11.3. The second kappa shape index (κ2) is 8.23. The van der Waals surface area contributed by atoms with E-state index >= 15 is 0 Å². The summed E-state index contributed by atoms with van der Waals surface area (Å²) in [5, 5.41) is 4.09. The number of ether oxygens (including phenoxy) is 1. The van der Waals surface area contributed by atoms with Gasteiger partial charge in [0.05, 0.1) is 12.6 Å². The van der Waals surface area contributed by atoms with Gasteiger partial charge in [-0.15, -0.1) is 0 Å². The third-order valence-electron chi connectivity index (χ3n) is 3.04. The summed E-state index contributed by atoms with van der Waals surface area (Å²) in [5.41, 5.74) is 1.04. The van der Waals surface area contributed by atoms with Gasteiger partial charge >= 0.3 is 0 Å². The van der Waals surface area contributed by atoms with E-state index < -0.39 is 0 Å². The maximum Gasteiger partial charge on any atom is 0.134 e. The van der Waals surface area contributed by atoms with E-state index in [1.165, 1.54) is 0 Å². The fraction of sp³-hybridized carbons (Fsp3) is 0.412. The quantitative estimate of drug-likeness (QED) is 0.729. The first kappa shape index (κ1) is 16.1. The zero-order valence-corrected chi connectivity index (χ0v) is 13.3. The molecule has 21 heavy (non-hydrogen) atoms. The van der Waals surface area contributed by atoms with Crippen LogP contribution >= 0.6 is 11.6 Å². The van der Waals surface area contributed by atoms with Gasteiger partial charge in [-0.25, -0.2) is 0 Å². The van der Waals surface area contributed by atoms with E-state index in [9.17, 15) is 0 Å². The topological polar surface area (TPSA) is 34.4 Å². The average Bonchev–Trinajstić information content (AvgIpc) is 2.92. The molecule has 0 atom stereocenters. The van der Waals surface area contributed by atoms with Gasteiger partial charge < -0.3 is 14.5 Å². The molecular weight excluding hydrogens is 286 g/mol. The van der Waals surface area contributed by atoms with Crippen molar-refractivity contribution >= 4 is 11.6 Å². The molecule has 4 heteroatoms. The second-order valence-corrected chi connectivity index (χ2v) is 5.66. The zero-order chi connectivity index (χ0) is 15.1. The van der Waals surface area contributed by atoms with Crippen LogP contribution in [0.1, 0.15) is 26.0 Å². The van der Waals surface area contributed by atoms with Crippen molar-refractivity contribution in [2.45, 2.75) is 32.9 Å². The molecule has 0 fully saturated rings. The van der Waals surface area contributed by atoms with Gasteiger partial charge in [0.25, 0.3) is 0 Å². The van der Waals surface area contributed by atoms with Crippen molar-refractivity contribution in [3.63, 3.8) is 0 Å². The highest BCUT2D eigenvalue weighted by atomic mass is 35.5. The summed E-state index contributed by atoms with van der Waals surface area (Å²) in [4.78, 5) is 0. The van der Waals surface area contributed by atoms with Crippen LogP contribution in [0, 0.1) is 0 Å². The van der Waals surface area contributed by atoms with Crippen molar-refractivity contribution in [2.75, 3.05) is 13.2 Å². The Bertz CT molecular complexity index is 534. The van der Waals surface area contributed by atoms with E-state index in [0.29, 0.717) is 6.10 Å². The smallest absolute Gasteiger partial charge is 0.134 e. The van der Waals surface area contributed by atoms with Crippen LogP contribution in [0.3, 0.4) is 0 Å². The molecule has 0 spiro atoms. The van der Waals surface area contributed by atoms with Crippen LogP contribution in [0.25, 0.3) is 11.3 Å². The largest absolute Gasteiger partial charge is 0.460 e. The molecule has 0 aliphatic heterocycles. The molecule has 0 saturated carbocycles. The zero-order valence-electron chi connectivity index (χ0n) is 12.6. The SMILES string of the molecule is CC(C)OCCCNCc1ccc(-c2ccc(Cl)cc2)o1. The van der Waals surface area contributed by atoms with Crippen molar-refractivity contribution in [1.29, 1.82) is 0 Å². The maximum atomic E-state index is 5.88. The predicted molar refractivity (Wildman–Crippen MR) is 86.6 cm³/mol. The lowest BCUT2D eigenvalue weighted by Crippen LogP contribution is -2.17. The molecule has 0 amide bonds. The second-order valence-electron chi connectivity index (χ2n) is 5.22. The minimum absolute atomic E-state index is 0.303. The summed E-state index contributed by atoms with van der Waals surface area (Å²) in [7, 11) is 0. The van der Waals surface area contributed by atoms with Gasteiger partial charge in [0, 0.05) is 17.2 Å². The summed E-state index contributed by atoms with van der Waals surface area (Å²) in [6, 6.07) is 11.6. The number of halogens is 1. The highest BCUT2D eigenvalue weighted by molar-refractivity contribution is 6.30. The highest BCUT2D eigenvalue weighted by Crippen LogP contribution is 2.23. The Labute approximate surface area is 131 Å². The van der Waals surface area contributed by atoms with E-state index in [1.807, 2.05) is 36.4 Å². The van der Waals surface area contributed by atoms with Crippen LogP contribution in [-0.4, -0.2) is 19.3 Å². The van der Waals surface area contributed by atoms with E-state index in [0.717, 1.165) is 48.2 Å². The van der Waals surface area contributed by atoms with E-state index in [1.54, 1.807) is 0 Å². The number of benzene rings is 1. The van der Waals surface area contributed by atoms with Gasteiger partial charge in [0.2, 0.25) is 0 Å². The Kier molecular flexibility index (Phi) is 6.30. The van der Waals surface area contributed by atoms with Gasteiger partial charge in [-0.1, -0.05) is 11.6 Å². The summed E-state index contributed by atoms with van der Waals surface area (Å²) in [6.45, 7) is 6.54. The first-order valence-corrected chi connectivity index (χ1v) is 7.70. The van der Waals surface area contributed by atoms with Crippen molar-refractivity contribution in [3.05, 3.63) is 47.2 Å². The molecule has 3 nitrogen and oxygen atoms in total. The molecule has 2 rings (SSSR count). The highest BCUT2D eigenvalue weighted by Gasteiger charge is 2.04. The summed E-state index contributed by atoms with van der Waals surface area (Å²) in [6.07, 6.45) is 1.31. The van der Waals surface area contributed by atoms with Crippen molar-refractivity contribution in [2.24, 2.45) is 0 Å². The van der Waals surface area contributed by atoms with Crippen LogP contribution in [0.2, 0.25) is 5.02 Å². The van der Waals surface area contributed by atoms with Crippen LogP contribution in [0.5, 0.6) is 0 Å². The van der Waals surface area contributed by atoms with Crippen LogP contribution in [0.4, 0.5) is 0 Å². The Balaban J connectivity index is 1.74. The number of hydrogen-bond acceptors (Lipinski definition) is 3. The lowest BCUT2D eigenvalue weighted by molar-refractivity contribution is 0.0770. The van der Waals surface area contributed by atoms with E-state index in [4.69, 9.17) is 20.8 Å². The average molecular weight is 308 g/mol. The van der Waals surface area contributed by atoms with E-state index in [2.05, 4.69) is 19.2 Å². The minimum atomic E-state index is 0.303. The Hall–Kier alpha value is -1.29. The Morgan fingerprint density at radius 2 is 1.90 bits per heavy atom. The third-order valence-corrected chi connectivity index (χ3v) is 3.29. The molecule has 1 aromatic carbocycles. The van der Waals surface area contributed by atoms with Crippen LogP contribution in [-0.2, 0) is 11.3 Å². The minimum Gasteiger partial charge on any atom is -0.460 e. The van der Waals surface area contributed by atoms with Gasteiger partial charge in [-0.05, 0) is 63.2 Å². The molecule has 0 saturated heterocycles. The lowest BCUT2D eigenvalue weighted by atomic mass is 10.2. The summed E-state index contributed by atoms with van der Waals surface area (Å²) >= 11 is 5.88. The third kappa shape index (κ3) is 5.54. The standard InChI is InChI=1S/C17H22ClNO2/c1-13(2)20-11-3-10-19-12-16-8-9-17(21-16)14-4-6-15(18)7-5-14/h4-9,13,19H,3,10-12H2,1-2H3. The fourth-order valence-electron chi connectivity index (χ4n) is 1.97. The van der Waals surface area contributed by atoms with Crippen molar-refractivity contribution < 1.29 is 9.15 Å². The Morgan fingerprint density at radius 3 is 2.62 bits per heavy atom. The number of rotatable bonds is 8. The number of furan rings is 1. The molecule has 1 N–H and O–H groups in total. The number of nitrogens with one attached hydrogen (secondary N) is 1. The molecule has 2 aromatic rings. The van der Waals surface area contributed by atoms with Gasteiger partial charge in [0.15, 0.2) is 0 Å². The van der Waals surface area contributed by atoms with Crippen LogP contribution in [0.15, 0.2) is 40.8 Å². The number of hydrogen-bond donors (Lipinski definition) is 1. The molecule has 1 heterocycles. The van der Waals surface area contributed by atoms with Gasteiger partial charge in [-0.2, -0.15) is 0 Å². The normalized spacial score (nSPS) is 11.2. The lowest BCUT2D eigenvalue weighted by Gasteiger charge is -2.07. The monoisotopic (exact) mass is 307 g/mol. The molecule has 0 radical (unpaired) electrons. The van der Waals surface area contributed by atoms with E-state index in [-0.39, 0.29) is 0 Å². The van der Waals surface area contributed by atoms with Crippen molar-refractivity contribution in [1.82, 2.24) is 5.32 Å². The molecule has 1 aromatic heterocycles. The molecule has 0 aliphatic rings. The summed E-state index contributed by atoms with van der Waals surface area (Å²) in [5.74, 6) is 1.80. The first-order valence-electron chi connectivity index (χ1n) is 7.32. The molecule has 0 aliphatic carbocycles. The first-order chi connectivity index (χ1) is 10.1. The molecule has 114 valence electrons. The molecule has 0 unspecified atom stereocenters. The maximum absolute atomic E-state index is 5.88. The molecular formula is C17H22ClNO2. The van der Waals surface area contributed by atoms with Crippen LogP contribution < -0.4 is 5.32 Å². The fourth-order valence-corrected chi connectivity index (χ4v) is 2.10. The van der Waals surface area contributed by atoms with Gasteiger partial charge in [0.1, 0.15) is 11.5 Å².